The quantitative estimate of drug-likeness (QED) is 0.847. The first-order chi connectivity index (χ1) is 9.72. The van der Waals surface area contributed by atoms with Crippen LogP contribution in [0.2, 0.25) is 0 Å². The Morgan fingerprint density at radius 2 is 1.55 bits per heavy atom. The van der Waals surface area contributed by atoms with Crippen molar-refractivity contribution in [3.05, 3.63) is 59.7 Å². The normalized spacial score (nSPS) is 10.5. The van der Waals surface area contributed by atoms with Gasteiger partial charge in [-0.25, -0.2) is 0 Å². The van der Waals surface area contributed by atoms with Gasteiger partial charge in [0, 0.05) is 25.3 Å². The van der Waals surface area contributed by atoms with Crippen LogP contribution in [0.1, 0.15) is 24.5 Å². The Hall–Kier alpha value is -2.00. The van der Waals surface area contributed by atoms with Crippen LogP contribution < -0.4 is 10.6 Å². The minimum atomic E-state index is 0.308. The Kier molecular flexibility index (Phi) is 5.02. The molecule has 3 N–H and O–H groups in total. The molecule has 0 saturated heterocycles. The van der Waals surface area contributed by atoms with E-state index < -0.39 is 0 Å². The van der Waals surface area contributed by atoms with Crippen molar-refractivity contribution in [1.29, 1.82) is 0 Å². The number of nitrogens with two attached hydrogens (primary N) is 1. The van der Waals surface area contributed by atoms with Gasteiger partial charge in [0.15, 0.2) is 0 Å². The molecule has 3 nitrogen and oxygen atoms in total. The molecule has 0 amide bonds. The van der Waals surface area contributed by atoms with Crippen LogP contribution >= 0.6 is 0 Å². The van der Waals surface area contributed by atoms with Gasteiger partial charge in [-0.15, -0.1) is 0 Å². The van der Waals surface area contributed by atoms with Gasteiger partial charge in [0.25, 0.3) is 0 Å². The molecule has 0 saturated carbocycles. The monoisotopic (exact) mass is 270 g/mol. The van der Waals surface area contributed by atoms with Crippen molar-refractivity contribution in [3.63, 3.8) is 0 Å². The van der Waals surface area contributed by atoms with E-state index in [0.29, 0.717) is 12.3 Å². The van der Waals surface area contributed by atoms with Crippen LogP contribution in [0.15, 0.2) is 48.5 Å². The van der Waals surface area contributed by atoms with E-state index in [-0.39, 0.29) is 0 Å². The fraction of sp³-hybridized carbons (Fsp3) is 0.294. The smallest absolute Gasteiger partial charge is 0.115 e. The van der Waals surface area contributed by atoms with Crippen molar-refractivity contribution in [2.75, 3.05) is 11.4 Å². The maximum absolute atomic E-state index is 9.34. The maximum atomic E-state index is 9.34. The highest BCUT2D eigenvalue weighted by atomic mass is 16.3. The summed E-state index contributed by atoms with van der Waals surface area (Å²) in [6.07, 6.45) is 1.09. The molecule has 2 aromatic carbocycles. The minimum Gasteiger partial charge on any atom is -0.508 e. The van der Waals surface area contributed by atoms with Crippen molar-refractivity contribution in [2.24, 2.45) is 5.73 Å². The fourth-order valence-corrected chi connectivity index (χ4v) is 2.23. The summed E-state index contributed by atoms with van der Waals surface area (Å²) in [5, 5.41) is 9.34. The summed E-state index contributed by atoms with van der Waals surface area (Å²) in [6.45, 7) is 4.60. The van der Waals surface area contributed by atoms with Gasteiger partial charge in [0.1, 0.15) is 5.75 Å². The molecule has 0 atom stereocenters. The zero-order valence-electron chi connectivity index (χ0n) is 11.9. The molecule has 0 aliphatic heterocycles. The number of anilines is 1. The summed E-state index contributed by atoms with van der Waals surface area (Å²) < 4.78 is 0. The van der Waals surface area contributed by atoms with Gasteiger partial charge in [0.05, 0.1) is 0 Å². The second-order valence-electron chi connectivity index (χ2n) is 4.96. The van der Waals surface area contributed by atoms with Crippen LogP contribution in [-0.2, 0) is 13.1 Å². The molecule has 0 radical (unpaired) electrons. The number of aromatic hydroxyl groups is 1. The van der Waals surface area contributed by atoms with Crippen molar-refractivity contribution >= 4 is 5.69 Å². The fourth-order valence-electron chi connectivity index (χ4n) is 2.23. The van der Waals surface area contributed by atoms with Crippen LogP contribution in [0.25, 0.3) is 0 Å². The average Bonchev–Trinajstić information content (AvgIpc) is 2.49. The maximum Gasteiger partial charge on any atom is 0.115 e. The van der Waals surface area contributed by atoms with Crippen LogP contribution in [0, 0.1) is 0 Å². The third kappa shape index (κ3) is 3.75. The molecule has 0 aromatic heterocycles. The number of hydrogen-bond donors (Lipinski definition) is 2. The first-order valence-electron chi connectivity index (χ1n) is 7.04. The molecule has 0 fully saturated rings. The predicted molar refractivity (Wildman–Crippen MR) is 83.8 cm³/mol. The number of benzene rings is 2. The van der Waals surface area contributed by atoms with Gasteiger partial charge < -0.3 is 15.7 Å². The molecule has 2 aromatic rings. The van der Waals surface area contributed by atoms with E-state index in [1.54, 1.807) is 12.1 Å². The molecule has 20 heavy (non-hydrogen) atoms. The topological polar surface area (TPSA) is 49.5 Å². The molecule has 0 aliphatic rings. The van der Waals surface area contributed by atoms with Crippen molar-refractivity contribution in [3.8, 4) is 5.75 Å². The van der Waals surface area contributed by atoms with Crippen molar-refractivity contribution in [1.82, 2.24) is 0 Å². The molecule has 0 bridgehead atoms. The standard InChI is InChI=1S/C17H22N2O/c1-2-11-19(13-15-5-9-17(20)10-6-15)16-7-3-14(12-18)4-8-16/h3-10,20H,2,11-13,18H2,1H3. The van der Waals surface area contributed by atoms with E-state index in [2.05, 4.69) is 36.1 Å². The van der Waals surface area contributed by atoms with Crippen LogP contribution in [0.3, 0.4) is 0 Å². The second kappa shape index (κ2) is 6.96. The zero-order chi connectivity index (χ0) is 14.4. The predicted octanol–water partition coefficient (Wildman–Crippen LogP) is 3.27. The number of hydrogen-bond acceptors (Lipinski definition) is 3. The lowest BCUT2D eigenvalue weighted by Gasteiger charge is -2.24. The first kappa shape index (κ1) is 14.4. The largest absolute Gasteiger partial charge is 0.508 e. The van der Waals surface area contributed by atoms with Crippen molar-refractivity contribution < 1.29 is 5.11 Å². The molecule has 106 valence electrons. The number of nitrogens with zero attached hydrogens (tertiary/aromatic N) is 1. The van der Waals surface area contributed by atoms with Crippen molar-refractivity contribution in [2.45, 2.75) is 26.4 Å². The molecular formula is C17H22N2O. The molecule has 0 heterocycles. The third-order valence-corrected chi connectivity index (χ3v) is 3.34. The Bertz CT molecular complexity index is 520. The molecule has 2 rings (SSSR count). The van der Waals surface area contributed by atoms with Gasteiger partial charge in [-0.05, 0) is 41.8 Å². The summed E-state index contributed by atoms with van der Waals surface area (Å²) in [5.41, 5.74) is 9.18. The Labute approximate surface area is 120 Å². The highest BCUT2D eigenvalue weighted by Crippen LogP contribution is 2.19. The molecule has 3 heteroatoms. The lowest BCUT2D eigenvalue weighted by Crippen LogP contribution is -2.23. The average molecular weight is 270 g/mol. The van der Waals surface area contributed by atoms with E-state index >= 15 is 0 Å². The summed E-state index contributed by atoms with van der Waals surface area (Å²) in [6, 6.07) is 15.8. The summed E-state index contributed by atoms with van der Waals surface area (Å²) in [5.74, 6) is 0.308. The molecule has 0 spiro atoms. The van der Waals surface area contributed by atoms with Crippen LogP contribution in [0.4, 0.5) is 5.69 Å². The summed E-state index contributed by atoms with van der Waals surface area (Å²) >= 11 is 0. The summed E-state index contributed by atoms with van der Waals surface area (Å²) in [4.78, 5) is 2.34. The lowest BCUT2D eigenvalue weighted by atomic mass is 10.1. The van der Waals surface area contributed by atoms with E-state index in [0.717, 1.165) is 25.1 Å². The second-order valence-corrected chi connectivity index (χ2v) is 4.96. The highest BCUT2D eigenvalue weighted by Gasteiger charge is 2.06. The first-order valence-corrected chi connectivity index (χ1v) is 7.04. The van der Waals surface area contributed by atoms with Gasteiger partial charge in [-0.2, -0.15) is 0 Å². The lowest BCUT2D eigenvalue weighted by molar-refractivity contribution is 0.475. The Morgan fingerprint density at radius 1 is 0.950 bits per heavy atom. The van der Waals surface area contributed by atoms with Gasteiger partial charge in [-0.3, -0.25) is 0 Å². The van der Waals surface area contributed by atoms with Crippen LogP contribution in [-0.4, -0.2) is 11.7 Å². The van der Waals surface area contributed by atoms with Gasteiger partial charge in [-0.1, -0.05) is 31.2 Å². The Balaban J connectivity index is 2.14. The van der Waals surface area contributed by atoms with E-state index in [9.17, 15) is 5.11 Å². The van der Waals surface area contributed by atoms with E-state index in [4.69, 9.17) is 5.73 Å². The third-order valence-electron chi connectivity index (χ3n) is 3.34. The number of phenols is 1. The number of phenolic OH excluding ortho intramolecular Hbond substituents is 1. The molecule has 0 aliphatic carbocycles. The summed E-state index contributed by atoms with van der Waals surface area (Å²) in [7, 11) is 0. The zero-order valence-corrected chi connectivity index (χ0v) is 11.9. The highest BCUT2D eigenvalue weighted by molar-refractivity contribution is 5.48. The van der Waals surface area contributed by atoms with Gasteiger partial charge in [0.2, 0.25) is 0 Å². The van der Waals surface area contributed by atoms with Gasteiger partial charge >= 0.3 is 0 Å². The van der Waals surface area contributed by atoms with E-state index in [1.165, 1.54) is 11.3 Å². The SMILES string of the molecule is CCCN(Cc1ccc(O)cc1)c1ccc(CN)cc1. The van der Waals surface area contributed by atoms with E-state index in [1.807, 2.05) is 12.1 Å². The molecular weight excluding hydrogens is 248 g/mol. The minimum absolute atomic E-state index is 0.308. The number of rotatable bonds is 6. The Morgan fingerprint density at radius 3 is 2.10 bits per heavy atom. The molecule has 0 unspecified atom stereocenters. The van der Waals surface area contributed by atoms with Crippen LogP contribution in [0.5, 0.6) is 5.75 Å².